The number of aromatic nitrogens is 2. The van der Waals surface area contributed by atoms with E-state index in [1.54, 1.807) is 18.2 Å². The second-order valence-electron chi connectivity index (χ2n) is 9.46. The highest BCUT2D eigenvalue weighted by Crippen LogP contribution is 2.32. The first-order valence-corrected chi connectivity index (χ1v) is 13.0. The molecule has 198 valence electrons. The van der Waals surface area contributed by atoms with Crippen molar-refractivity contribution >= 4 is 46.6 Å². The Bertz CT molecular complexity index is 1110. The van der Waals surface area contributed by atoms with Crippen LogP contribution < -0.4 is 21.4 Å². The Balaban J connectivity index is 1.36. The standard InChI is InChI=1S/C26H33ClN6O4/c1-2-23(35)30-20-11-3-4-12-21(20)31-24-19(27)14-28-26(32-24)29-18-10-6-9-17(13-18)25(36)33-37-22(15-34)16-7-5-8-16/h2-4,11-12,14,16-18,22,34H,1,5-10,13,15H2,(H,30,35)(H,33,36)(H2,28,29,31,32). The zero-order chi connectivity index (χ0) is 26.2. The number of hydroxylamine groups is 1. The molecule has 11 heteroatoms. The number of carbonyl (C=O) groups excluding carboxylic acids is 2. The van der Waals surface area contributed by atoms with Crippen LogP contribution in [0.25, 0.3) is 0 Å². The van der Waals surface area contributed by atoms with Gasteiger partial charge in [0.2, 0.25) is 17.8 Å². The number of aliphatic hydroxyl groups is 1. The average Bonchev–Trinajstić information content (AvgIpc) is 2.88. The van der Waals surface area contributed by atoms with Gasteiger partial charge in [0.15, 0.2) is 5.82 Å². The summed E-state index contributed by atoms with van der Waals surface area (Å²) in [5.74, 6) is 0.359. The summed E-state index contributed by atoms with van der Waals surface area (Å²) in [5.41, 5.74) is 3.75. The monoisotopic (exact) mass is 528 g/mol. The van der Waals surface area contributed by atoms with E-state index in [1.165, 1.54) is 12.3 Å². The van der Waals surface area contributed by atoms with Crippen LogP contribution in [0.15, 0.2) is 43.1 Å². The fourth-order valence-electron chi connectivity index (χ4n) is 4.59. The Morgan fingerprint density at radius 1 is 1.19 bits per heavy atom. The van der Waals surface area contributed by atoms with E-state index in [-0.39, 0.29) is 36.5 Å². The van der Waals surface area contributed by atoms with E-state index in [2.05, 4.69) is 38.0 Å². The summed E-state index contributed by atoms with van der Waals surface area (Å²) >= 11 is 6.34. The molecule has 1 aromatic heterocycles. The van der Waals surface area contributed by atoms with Crippen LogP contribution >= 0.6 is 11.6 Å². The van der Waals surface area contributed by atoms with E-state index in [9.17, 15) is 14.7 Å². The van der Waals surface area contributed by atoms with Gasteiger partial charge in [-0.05, 0) is 56.2 Å². The number of carbonyl (C=O) groups is 2. The molecule has 10 nitrogen and oxygen atoms in total. The Morgan fingerprint density at radius 2 is 1.95 bits per heavy atom. The lowest BCUT2D eigenvalue weighted by molar-refractivity contribution is -0.152. The summed E-state index contributed by atoms with van der Waals surface area (Å²) in [5, 5.41) is 19.1. The van der Waals surface area contributed by atoms with Crippen LogP contribution in [0.4, 0.5) is 23.1 Å². The summed E-state index contributed by atoms with van der Waals surface area (Å²) in [7, 11) is 0. The Morgan fingerprint density at radius 3 is 2.65 bits per heavy atom. The number of nitrogens with zero attached hydrogens (tertiary/aromatic N) is 2. The molecular weight excluding hydrogens is 496 g/mol. The maximum absolute atomic E-state index is 12.7. The molecule has 2 amide bonds. The van der Waals surface area contributed by atoms with Gasteiger partial charge in [0, 0.05) is 12.0 Å². The largest absolute Gasteiger partial charge is 0.394 e. The van der Waals surface area contributed by atoms with Crippen molar-refractivity contribution in [2.24, 2.45) is 11.8 Å². The minimum atomic E-state index is -0.348. The van der Waals surface area contributed by atoms with E-state index in [1.807, 2.05) is 6.07 Å². The highest BCUT2D eigenvalue weighted by molar-refractivity contribution is 6.33. The topological polar surface area (TPSA) is 138 Å². The lowest BCUT2D eigenvalue weighted by atomic mass is 9.81. The van der Waals surface area contributed by atoms with E-state index < -0.39 is 0 Å². The highest BCUT2D eigenvalue weighted by Gasteiger charge is 2.31. The molecule has 2 aliphatic rings. The van der Waals surface area contributed by atoms with Gasteiger partial charge in [-0.1, -0.05) is 43.2 Å². The minimum Gasteiger partial charge on any atom is -0.394 e. The van der Waals surface area contributed by atoms with E-state index in [0.717, 1.165) is 38.5 Å². The van der Waals surface area contributed by atoms with Crippen LogP contribution in [0.3, 0.4) is 0 Å². The molecule has 3 atom stereocenters. The molecule has 0 aliphatic heterocycles. The number of para-hydroxylation sites is 2. The summed E-state index contributed by atoms with van der Waals surface area (Å²) in [4.78, 5) is 38.9. The summed E-state index contributed by atoms with van der Waals surface area (Å²) in [6.45, 7) is 3.38. The maximum atomic E-state index is 12.7. The van der Waals surface area contributed by atoms with Gasteiger partial charge in [-0.2, -0.15) is 4.98 Å². The van der Waals surface area contributed by atoms with Gasteiger partial charge in [0.25, 0.3) is 0 Å². The number of benzene rings is 1. The van der Waals surface area contributed by atoms with Crippen LogP contribution in [-0.2, 0) is 14.4 Å². The third-order valence-corrected chi connectivity index (χ3v) is 7.19. The van der Waals surface area contributed by atoms with Crippen molar-refractivity contribution in [2.45, 2.75) is 57.1 Å². The van der Waals surface area contributed by atoms with Gasteiger partial charge in [-0.3, -0.25) is 14.4 Å². The Labute approximate surface area is 221 Å². The van der Waals surface area contributed by atoms with Crippen LogP contribution in [-0.4, -0.2) is 45.6 Å². The average molecular weight is 529 g/mol. The molecule has 1 heterocycles. The lowest BCUT2D eigenvalue weighted by Crippen LogP contribution is -2.42. The van der Waals surface area contributed by atoms with Gasteiger partial charge in [-0.25, -0.2) is 10.5 Å². The third kappa shape index (κ3) is 7.18. The van der Waals surface area contributed by atoms with Crippen LogP contribution in [0.2, 0.25) is 5.02 Å². The molecule has 1 aromatic carbocycles. The second-order valence-corrected chi connectivity index (χ2v) is 9.86. The normalized spacial score (nSPS) is 20.3. The number of hydrogen-bond donors (Lipinski definition) is 5. The molecule has 37 heavy (non-hydrogen) atoms. The summed E-state index contributed by atoms with van der Waals surface area (Å²) in [6.07, 6.45) is 8.63. The highest BCUT2D eigenvalue weighted by atomic mass is 35.5. The number of rotatable bonds is 11. The van der Waals surface area contributed by atoms with Gasteiger partial charge < -0.3 is 21.1 Å². The maximum Gasteiger partial charge on any atom is 0.247 e. The molecular formula is C26H33ClN6O4. The van der Waals surface area contributed by atoms with Crippen molar-refractivity contribution in [1.82, 2.24) is 15.4 Å². The van der Waals surface area contributed by atoms with Gasteiger partial charge in [-0.15, -0.1) is 0 Å². The SMILES string of the molecule is C=CC(=O)Nc1ccccc1Nc1nc(NC2CCCC(C(=O)NOC(CO)C3CCC3)C2)ncc1Cl. The van der Waals surface area contributed by atoms with Gasteiger partial charge in [0.1, 0.15) is 11.1 Å². The predicted molar refractivity (Wildman–Crippen MR) is 142 cm³/mol. The molecule has 0 bridgehead atoms. The van der Waals surface area contributed by atoms with Crippen molar-refractivity contribution in [3.05, 3.63) is 48.1 Å². The number of hydrogen-bond acceptors (Lipinski definition) is 8. The first kappa shape index (κ1) is 26.8. The zero-order valence-electron chi connectivity index (χ0n) is 20.6. The lowest BCUT2D eigenvalue weighted by Gasteiger charge is -2.33. The zero-order valence-corrected chi connectivity index (χ0v) is 21.3. The number of aliphatic hydroxyl groups excluding tert-OH is 1. The molecule has 0 spiro atoms. The molecule has 2 fully saturated rings. The number of nitrogens with one attached hydrogen (secondary N) is 4. The fraction of sp³-hybridized carbons (Fsp3) is 0.462. The van der Waals surface area contributed by atoms with Crippen molar-refractivity contribution in [1.29, 1.82) is 0 Å². The van der Waals surface area contributed by atoms with E-state index in [4.69, 9.17) is 16.4 Å². The van der Waals surface area contributed by atoms with Crippen LogP contribution in [0, 0.1) is 11.8 Å². The quantitative estimate of drug-likeness (QED) is 0.216. The molecule has 0 saturated heterocycles. The molecule has 2 saturated carbocycles. The molecule has 3 unspecified atom stereocenters. The number of anilines is 4. The van der Waals surface area contributed by atoms with Gasteiger partial charge >= 0.3 is 0 Å². The van der Waals surface area contributed by atoms with Crippen molar-refractivity contribution < 1.29 is 19.5 Å². The van der Waals surface area contributed by atoms with Gasteiger partial charge in [0.05, 0.1) is 24.2 Å². The van der Waals surface area contributed by atoms with Crippen LogP contribution in [0.1, 0.15) is 44.9 Å². The molecule has 2 aliphatic carbocycles. The first-order chi connectivity index (χ1) is 18.0. The van der Waals surface area contributed by atoms with Crippen molar-refractivity contribution in [3.63, 3.8) is 0 Å². The minimum absolute atomic E-state index is 0.00189. The van der Waals surface area contributed by atoms with Crippen LogP contribution in [0.5, 0.6) is 0 Å². The molecule has 0 radical (unpaired) electrons. The van der Waals surface area contributed by atoms with E-state index >= 15 is 0 Å². The van der Waals surface area contributed by atoms with Crippen molar-refractivity contribution in [2.75, 3.05) is 22.6 Å². The Kier molecular flexibility index (Phi) is 9.32. The third-order valence-electron chi connectivity index (χ3n) is 6.91. The molecule has 5 N–H and O–H groups in total. The first-order valence-electron chi connectivity index (χ1n) is 12.6. The molecule has 2 aromatic rings. The Hall–Kier alpha value is -3.21. The predicted octanol–water partition coefficient (Wildman–Crippen LogP) is 4.18. The smallest absolute Gasteiger partial charge is 0.247 e. The fourth-order valence-corrected chi connectivity index (χ4v) is 4.73. The second kappa shape index (κ2) is 12.8. The van der Waals surface area contributed by atoms with E-state index in [0.29, 0.717) is 40.5 Å². The summed E-state index contributed by atoms with van der Waals surface area (Å²) in [6, 6.07) is 7.17. The summed E-state index contributed by atoms with van der Waals surface area (Å²) < 4.78 is 0. The number of halogens is 1. The number of amides is 2. The van der Waals surface area contributed by atoms with Crippen molar-refractivity contribution in [3.8, 4) is 0 Å². The molecule has 4 rings (SSSR count).